The number of esters is 1. The molecule has 1 aliphatic carbocycles. The Morgan fingerprint density at radius 3 is 2.50 bits per heavy atom. The summed E-state index contributed by atoms with van der Waals surface area (Å²) in [6.45, 7) is 1.19. The number of ether oxygens (including phenoxy) is 1. The molecule has 7 nitrogen and oxygen atoms in total. The van der Waals surface area contributed by atoms with Crippen LogP contribution in [0.3, 0.4) is 0 Å². The highest BCUT2D eigenvalue weighted by Crippen LogP contribution is 2.27. The minimum Gasteiger partial charge on any atom is -0.464 e. The smallest absolute Gasteiger partial charge is 0.331 e. The fourth-order valence-electron chi connectivity index (χ4n) is 2.81. The molecule has 0 radical (unpaired) electrons. The summed E-state index contributed by atoms with van der Waals surface area (Å²) in [6, 6.07) is -1.85. The van der Waals surface area contributed by atoms with Gasteiger partial charge in [0.15, 0.2) is 6.04 Å². The second-order valence-corrected chi connectivity index (χ2v) is 5.84. The van der Waals surface area contributed by atoms with Crippen molar-refractivity contribution in [1.82, 2.24) is 5.32 Å². The van der Waals surface area contributed by atoms with Crippen molar-refractivity contribution in [3.8, 4) is 0 Å². The molecule has 0 spiro atoms. The molecule has 1 aliphatic rings. The molecule has 0 aromatic rings. The van der Waals surface area contributed by atoms with Gasteiger partial charge in [0, 0.05) is 6.04 Å². The van der Waals surface area contributed by atoms with Crippen molar-refractivity contribution in [2.24, 2.45) is 11.7 Å². The number of aliphatic hydroxyl groups excluding tert-OH is 2. The monoisotopic (exact) mass is 316 g/mol. The van der Waals surface area contributed by atoms with Gasteiger partial charge in [0.25, 0.3) is 5.91 Å². The summed E-state index contributed by atoms with van der Waals surface area (Å²) >= 11 is 0. The molecule has 0 saturated heterocycles. The van der Waals surface area contributed by atoms with E-state index in [1.807, 2.05) is 0 Å². The summed E-state index contributed by atoms with van der Waals surface area (Å²) in [5, 5.41) is 21.4. The van der Waals surface area contributed by atoms with Crippen LogP contribution in [0.1, 0.15) is 45.4 Å². The molecule has 0 aromatic carbocycles. The summed E-state index contributed by atoms with van der Waals surface area (Å²) in [5.41, 5.74) is 5.91. The lowest BCUT2D eigenvalue weighted by Crippen LogP contribution is -2.53. The van der Waals surface area contributed by atoms with Gasteiger partial charge in [-0.05, 0) is 19.3 Å². The van der Waals surface area contributed by atoms with Crippen molar-refractivity contribution < 1.29 is 24.5 Å². The van der Waals surface area contributed by atoms with Gasteiger partial charge in [-0.25, -0.2) is 4.79 Å². The van der Waals surface area contributed by atoms with Crippen LogP contribution in [0, 0.1) is 5.92 Å². The third-order valence-electron chi connectivity index (χ3n) is 4.07. The third-order valence-corrected chi connectivity index (χ3v) is 4.07. The summed E-state index contributed by atoms with van der Waals surface area (Å²) in [7, 11) is 0. The maximum atomic E-state index is 11.9. The lowest BCUT2D eigenvalue weighted by Gasteiger charge is -2.27. The highest BCUT2D eigenvalue weighted by atomic mass is 16.5. The number of carbonyl (C=O) groups excluding carboxylic acids is 2. The SMILES string of the molecule is CCOC(=O)[C@H](CO)NC(=O)C(O)[C@H](N)CC1CCCCC1. The van der Waals surface area contributed by atoms with E-state index in [2.05, 4.69) is 5.32 Å². The molecule has 1 fully saturated rings. The van der Waals surface area contributed by atoms with E-state index in [-0.39, 0.29) is 6.61 Å². The second kappa shape index (κ2) is 9.76. The van der Waals surface area contributed by atoms with Crippen LogP contribution < -0.4 is 11.1 Å². The lowest BCUT2D eigenvalue weighted by atomic mass is 9.84. The standard InChI is InChI=1S/C15H28N2O5/c1-2-22-15(21)12(9-18)17-14(20)13(19)11(16)8-10-6-4-3-5-7-10/h10-13,18-19H,2-9,16H2,1H3,(H,17,20)/t11-,12+,13?/m1/s1. The zero-order chi connectivity index (χ0) is 16.5. The van der Waals surface area contributed by atoms with Gasteiger partial charge >= 0.3 is 5.97 Å². The lowest BCUT2D eigenvalue weighted by molar-refractivity contribution is -0.149. The number of nitrogens with two attached hydrogens (primary N) is 1. The Morgan fingerprint density at radius 2 is 1.95 bits per heavy atom. The van der Waals surface area contributed by atoms with Gasteiger partial charge < -0.3 is 26.0 Å². The van der Waals surface area contributed by atoms with Crippen LogP contribution in [-0.4, -0.2) is 53.5 Å². The van der Waals surface area contributed by atoms with Gasteiger partial charge in [-0.3, -0.25) is 4.79 Å². The van der Waals surface area contributed by atoms with Gasteiger partial charge in [0.05, 0.1) is 13.2 Å². The Labute approximate surface area is 131 Å². The zero-order valence-electron chi connectivity index (χ0n) is 13.2. The molecule has 0 aliphatic heterocycles. The van der Waals surface area contributed by atoms with E-state index in [0.717, 1.165) is 25.7 Å². The number of hydrogen-bond acceptors (Lipinski definition) is 6. The highest BCUT2D eigenvalue weighted by molar-refractivity contribution is 5.87. The van der Waals surface area contributed by atoms with Crippen molar-refractivity contribution in [3.05, 3.63) is 0 Å². The molecular weight excluding hydrogens is 288 g/mol. The predicted molar refractivity (Wildman–Crippen MR) is 80.8 cm³/mol. The van der Waals surface area contributed by atoms with Gasteiger partial charge in [0.1, 0.15) is 6.10 Å². The van der Waals surface area contributed by atoms with Crippen molar-refractivity contribution in [3.63, 3.8) is 0 Å². The largest absolute Gasteiger partial charge is 0.464 e. The van der Waals surface area contributed by atoms with Crippen molar-refractivity contribution in [2.75, 3.05) is 13.2 Å². The first-order chi connectivity index (χ1) is 10.5. The van der Waals surface area contributed by atoms with E-state index in [0.29, 0.717) is 12.3 Å². The van der Waals surface area contributed by atoms with E-state index in [9.17, 15) is 14.7 Å². The van der Waals surface area contributed by atoms with Crippen LogP contribution in [-0.2, 0) is 14.3 Å². The molecule has 1 rings (SSSR count). The van der Waals surface area contributed by atoms with Crippen LogP contribution in [0.2, 0.25) is 0 Å². The number of aliphatic hydroxyl groups is 2. The summed E-state index contributed by atoms with van der Waals surface area (Å²) in [5.74, 6) is -1.05. The first kappa shape index (κ1) is 18.9. The van der Waals surface area contributed by atoms with E-state index < -0.39 is 36.7 Å². The Morgan fingerprint density at radius 1 is 1.32 bits per heavy atom. The Kier molecular flexibility index (Phi) is 8.37. The third kappa shape index (κ3) is 5.90. The van der Waals surface area contributed by atoms with E-state index in [4.69, 9.17) is 15.6 Å². The molecular formula is C15H28N2O5. The van der Waals surface area contributed by atoms with Gasteiger partial charge in [0.2, 0.25) is 0 Å². The van der Waals surface area contributed by atoms with Crippen molar-refractivity contribution >= 4 is 11.9 Å². The number of hydrogen-bond donors (Lipinski definition) is 4. The van der Waals surface area contributed by atoms with Crippen LogP contribution in [0.25, 0.3) is 0 Å². The molecule has 1 saturated carbocycles. The van der Waals surface area contributed by atoms with E-state index >= 15 is 0 Å². The molecule has 0 aromatic heterocycles. The summed E-state index contributed by atoms with van der Waals surface area (Å²) < 4.78 is 4.73. The van der Waals surface area contributed by atoms with Crippen LogP contribution >= 0.6 is 0 Å². The Bertz CT molecular complexity index is 358. The maximum absolute atomic E-state index is 11.9. The van der Waals surface area contributed by atoms with Gasteiger partial charge in [-0.2, -0.15) is 0 Å². The maximum Gasteiger partial charge on any atom is 0.331 e. The molecule has 1 unspecified atom stereocenters. The fourth-order valence-corrected chi connectivity index (χ4v) is 2.81. The quantitative estimate of drug-likeness (QED) is 0.456. The van der Waals surface area contributed by atoms with Crippen LogP contribution in [0.5, 0.6) is 0 Å². The highest BCUT2D eigenvalue weighted by Gasteiger charge is 2.30. The molecule has 5 N–H and O–H groups in total. The minimum atomic E-state index is -1.40. The fraction of sp³-hybridized carbons (Fsp3) is 0.867. The normalized spacial score (nSPS) is 20.0. The van der Waals surface area contributed by atoms with Crippen molar-refractivity contribution in [1.29, 1.82) is 0 Å². The first-order valence-electron chi connectivity index (χ1n) is 8.01. The van der Waals surface area contributed by atoms with Crippen LogP contribution in [0.15, 0.2) is 0 Å². The Hall–Kier alpha value is -1.18. The van der Waals surface area contributed by atoms with Crippen LogP contribution in [0.4, 0.5) is 0 Å². The average Bonchev–Trinajstić information content (AvgIpc) is 2.52. The molecule has 0 heterocycles. The summed E-state index contributed by atoms with van der Waals surface area (Å²) in [4.78, 5) is 23.5. The summed E-state index contributed by atoms with van der Waals surface area (Å²) in [6.07, 6.45) is 4.88. The number of rotatable bonds is 8. The van der Waals surface area contributed by atoms with Gasteiger partial charge in [-0.15, -0.1) is 0 Å². The number of nitrogens with one attached hydrogen (secondary N) is 1. The zero-order valence-corrected chi connectivity index (χ0v) is 13.2. The predicted octanol–water partition coefficient (Wildman–Crippen LogP) is -0.315. The number of amides is 1. The molecule has 128 valence electrons. The molecule has 0 bridgehead atoms. The van der Waals surface area contributed by atoms with E-state index in [1.165, 1.54) is 6.42 Å². The Balaban J connectivity index is 2.46. The average molecular weight is 316 g/mol. The van der Waals surface area contributed by atoms with Gasteiger partial charge in [-0.1, -0.05) is 32.1 Å². The molecule has 3 atom stereocenters. The first-order valence-corrected chi connectivity index (χ1v) is 8.01. The molecule has 7 heteroatoms. The second-order valence-electron chi connectivity index (χ2n) is 5.84. The molecule has 1 amide bonds. The number of carbonyl (C=O) groups is 2. The minimum absolute atomic E-state index is 0.148. The topological polar surface area (TPSA) is 122 Å². The molecule has 22 heavy (non-hydrogen) atoms. The van der Waals surface area contributed by atoms with Crippen molar-refractivity contribution in [2.45, 2.75) is 63.6 Å². The van der Waals surface area contributed by atoms with E-state index in [1.54, 1.807) is 6.92 Å².